The fourth-order valence-corrected chi connectivity index (χ4v) is 1.69. The lowest BCUT2D eigenvalue weighted by Gasteiger charge is -2.00. The fraction of sp³-hybridized carbons (Fsp3) is 0. The molecule has 6 heteroatoms. The molecule has 22 heavy (non-hydrogen) atoms. The first-order chi connectivity index (χ1) is 10.7. The van der Waals surface area contributed by atoms with Gasteiger partial charge in [0.2, 0.25) is 0 Å². The molecule has 1 aromatic heterocycles. The van der Waals surface area contributed by atoms with Gasteiger partial charge in [0.1, 0.15) is 6.26 Å². The fourth-order valence-electron chi connectivity index (χ4n) is 1.69. The van der Waals surface area contributed by atoms with Crippen LogP contribution in [0, 0.1) is 10.1 Å². The lowest BCUT2D eigenvalue weighted by molar-refractivity contribution is -0.384. The Morgan fingerprint density at radius 3 is 2.32 bits per heavy atom. The van der Waals surface area contributed by atoms with Crippen LogP contribution in [0.4, 0.5) is 5.69 Å². The number of hydrogen-bond acceptors (Lipinski definition) is 5. The van der Waals surface area contributed by atoms with Gasteiger partial charge in [-0.15, -0.1) is 0 Å². The van der Waals surface area contributed by atoms with Gasteiger partial charge in [-0.05, 0) is 0 Å². The zero-order valence-corrected chi connectivity index (χ0v) is 11.5. The summed E-state index contributed by atoms with van der Waals surface area (Å²) in [6, 6.07) is 14.4. The van der Waals surface area contributed by atoms with E-state index < -0.39 is 4.92 Å². The van der Waals surface area contributed by atoms with Crippen molar-refractivity contribution < 1.29 is 14.1 Å². The lowest BCUT2D eigenvalue weighted by atomic mass is 10.0. The van der Waals surface area contributed by atoms with E-state index in [-0.39, 0.29) is 11.5 Å². The maximum absolute atomic E-state index is 12.0. The Hall–Kier alpha value is -3.28. The molecule has 0 fully saturated rings. The number of carbonyl (C=O) groups excluding carboxylic acids is 1. The summed E-state index contributed by atoms with van der Waals surface area (Å²) in [5.74, 6) is -0.214. The normalized spacial score (nSPS) is 9.45. The van der Waals surface area contributed by atoms with Crippen molar-refractivity contribution in [1.29, 1.82) is 0 Å². The first-order valence-electron chi connectivity index (χ1n) is 6.35. The molecule has 0 saturated carbocycles. The molecule has 2 aromatic carbocycles. The quantitative estimate of drug-likeness (QED) is 0.419. The standard InChI is InChI=1S/C13H9NO3.C3H3NO/c15-13(10-5-2-1-3-6-10)11-7-4-8-12(9-11)14(16)17;1-2-5-3-4-1/h1-9H;1-3H. The minimum absolute atomic E-state index is 0.0771. The highest BCUT2D eigenvalue weighted by Gasteiger charge is 2.12. The van der Waals surface area contributed by atoms with Gasteiger partial charge in [-0.2, -0.15) is 0 Å². The number of hydrogen-bond donors (Lipinski definition) is 0. The van der Waals surface area contributed by atoms with Crippen LogP contribution in [0.2, 0.25) is 0 Å². The molecule has 0 atom stereocenters. The highest BCUT2D eigenvalue weighted by Crippen LogP contribution is 2.16. The summed E-state index contributed by atoms with van der Waals surface area (Å²) in [4.78, 5) is 25.6. The second kappa shape index (κ2) is 7.49. The number of aromatic nitrogens is 1. The maximum atomic E-state index is 12.0. The van der Waals surface area contributed by atoms with Crippen LogP contribution in [0.3, 0.4) is 0 Å². The predicted octanol–water partition coefficient (Wildman–Crippen LogP) is 3.50. The van der Waals surface area contributed by atoms with Gasteiger partial charge in [0.25, 0.3) is 5.69 Å². The average Bonchev–Trinajstić information content (AvgIpc) is 3.15. The molecule has 0 aliphatic carbocycles. The Morgan fingerprint density at radius 2 is 1.77 bits per heavy atom. The summed E-state index contributed by atoms with van der Waals surface area (Å²) in [6.45, 7) is 0. The zero-order chi connectivity index (χ0) is 15.8. The second-order valence-corrected chi connectivity index (χ2v) is 4.18. The van der Waals surface area contributed by atoms with Gasteiger partial charge < -0.3 is 4.42 Å². The first kappa shape index (κ1) is 15.1. The number of oxazole rings is 1. The Labute approximate surface area is 126 Å². The molecule has 0 amide bonds. The minimum atomic E-state index is -0.512. The maximum Gasteiger partial charge on any atom is 0.270 e. The van der Waals surface area contributed by atoms with Gasteiger partial charge in [-0.25, -0.2) is 4.98 Å². The molecule has 1 heterocycles. The molecule has 110 valence electrons. The number of nitro groups is 1. The van der Waals surface area contributed by atoms with Gasteiger partial charge >= 0.3 is 0 Å². The first-order valence-corrected chi connectivity index (χ1v) is 6.35. The molecule has 0 bridgehead atoms. The van der Waals surface area contributed by atoms with E-state index in [4.69, 9.17) is 0 Å². The number of carbonyl (C=O) groups is 1. The van der Waals surface area contributed by atoms with Crippen LogP contribution in [-0.2, 0) is 0 Å². The smallest absolute Gasteiger partial charge is 0.270 e. The van der Waals surface area contributed by atoms with Crippen molar-refractivity contribution in [2.45, 2.75) is 0 Å². The van der Waals surface area contributed by atoms with Crippen LogP contribution in [0.25, 0.3) is 0 Å². The van der Waals surface area contributed by atoms with Crippen molar-refractivity contribution >= 4 is 11.5 Å². The molecule has 0 aliphatic rings. The predicted molar refractivity (Wildman–Crippen MR) is 79.5 cm³/mol. The minimum Gasteiger partial charge on any atom is -0.452 e. The highest BCUT2D eigenvalue weighted by molar-refractivity contribution is 6.09. The van der Waals surface area contributed by atoms with Crippen molar-refractivity contribution in [2.75, 3.05) is 0 Å². The Balaban J connectivity index is 0.000000299. The third kappa shape index (κ3) is 4.11. The number of ketones is 1. The van der Waals surface area contributed by atoms with E-state index in [1.165, 1.54) is 30.9 Å². The average molecular weight is 296 g/mol. The van der Waals surface area contributed by atoms with Crippen LogP contribution >= 0.6 is 0 Å². The van der Waals surface area contributed by atoms with E-state index in [2.05, 4.69) is 9.40 Å². The van der Waals surface area contributed by atoms with Crippen LogP contribution < -0.4 is 0 Å². The monoisotopic (exact) mass is 296 g/mol. The van der Waals surface area contributed by atoms with Crippen molar-refractivity contribution in [3.05, 3.63) is 94.7 Å². The largest absolute Gasteiger partial charge is 0.452 e. The molecule has 0 unspecified atom stereocenters. The lowest BCUT2D eigenvalue weighted by Crippen LogP contribution is -2.01. The van der Waals surface area contributed by atoms with Crippen molar-refractivity contribution in [2.24, 2.45) is 0 Å². The number of benzene rings is 2. The van der Waals surface area contributed by atoms with Gasteiger partial charge in [0, 0.05) is 23.3 Å². The Bertz CT molecular complexity index is 723. The number of rotatable bonds is 3. The van der Waals surface area contributed by atoms with Crippen LogP contribution in [-0.4, -0.2) is 15.7 Å². The van der Waals surface area contributed by atoms with Crippen LogP contribution in [0.1, 0.15) is 15.9 Å². The molecule has 6 nitrogen and oxygen atoms in total. The molecule has 0 N–H and O–H groups in total. The topological polar surface area (TPSA) is 86.2 Å². The number of nitro benzene ring substituents is 1. The van der Waals surface area contributed by atoms with Crippen LogP contribution in [0.15, 0.2) is 77.9 Å². The summed E-state index contributed by atoms with van der Waals surface area (Å²) >= 11 is 0. The molecular formula is C16H12N2O4. The molecule has 0 spiro atoms. The van der Waals surface area contributed by atoms with Gasteiger partial charge in [0.15, 0.2) is 12.2 Å². The van der Waals surface area contributed by atoms with E-state index in [1.54, 1.807) is 36.5 Å². The third-order valence-electron chi connectivity index (χ3n) is 2.70. The molecule has 0 saturated heterocycles. The summed E-state index contributed by atoms with van der Waals surface area (Å²) in [5, 5.41) is 10.6. The van der Waals surface area contributed by atoms with Gasteiger partial charge in [-0.3, -0.25) is 14.9 Å². The molecule has 0 radical (unpaired) electrons. The SMILES string of the molecule is O=C(c1ccccc1)c1cccc([N+](=O)[O-])c1.c1cocn1. The van der Waals surface area contributed by atoms with E-state index >= 15 is 0 Å². The number of non-ortho nitro benzene ring substituents is 1. The van der Waals surface area contributed by atoms with Gasteiger partial charge in [-0.1, -0.05) is 42.5 Å². The number of nitrogens with zero attached hydrogens (tertiary/aromatic N) is 2. The molecule has 3 rings (SSSR count). The van der Waals surface area contributed by atoms with Gasteiger partial charge in [0.05, 0.1) is 11.1 Å². The third-order valence-corrected chi connectivity index (χ3v) is 2.70. The Morgan fingerprint density at radius 1 is 1.05 bits per heavy atom. The molecular weight excluding hydrogens is 284 g/mol. The highest BCUT2D eigenvalue weighted by atomic mass is 16.6. The molecule has 0 aliphatic heterocycles. The van der Waals surface area contributed by atoms with E-state index in [1.807, 2.05) is 6.07 Å². The van der Waals surface area contributed by atoms with Crippen molar-refractivity contribution in [3.8, 4) is 0 Å². The van der Waals surface area contributed by atoms with Crippen molar-refractivity contribution in [3.63, 3.8) is 0 Å². The van der Waals surface area contributed by atoms with E-state index in [0.29, 0.717) is 11.1 Å². The van der Waals surface area contributed by atoms with Crippen molar-refractivity contribution in [1.82, 2.24) is 4.98 Å². The Kier molecular flexibility index (Phi) is 5.15. The molecule has 3 aromatic rings. The van der Waals surface area contributed by atoms with Crippen LogP contribution in [0.5, 0.6) is 0 Å². The van der Waals surface area contributed by atoms with E-state index in [9.17, 15) is 14.9 Å². The second-order valence-electron chi connectivity index (χ2n) is 4.18. The summed E-state index contributed by atoms with van der Waals surface area (Å²) < 4.78 is 4.47. The summed E-state index contributed by atoms with van der Waals surface area (Å²) in [7, 11) is 0. The summed E-state index contributed by atoms with van der Waals surface area (Å²) in [6.07, 6.45) is 4.47. The summed E-state index contributed by atoms with van der Waals surface area (Å²) in [5.41, 5.74) is 0.769. The zero-order valence-electron chi connectivity index (χ0n) is 11.5. The van der Waals surface area contributed by atoms with E-state index in [0.717, 1.165) is 0 Å².